The van der Waals surface area contributed by atoms with Crippen LogP contribution in [0, 0.1) is 5.92 Å². The number of ether oxygens (including phenoxy) is 1. The second-order valence-electron chi connectivity index (χ2n) is 4.53. The highest BCUT2D eigenvalue weighted by Crippen LogP contribution is 2.30. The molecule has 0 bridgehead atoms. The van der Waals surface area contributed by atoms with E-state index in [-0.39, 0.29) is 18.1 Å². The van der Waals surface area contributed by atoms with E-state index in [1.54, 1.807) is 19.0 Å². The fraction of sp³-hybridized carbons (Fsp3) is 0.909. The van der Waals surface area contributed by atoms with Crippen molar-refractivity contribution in [2.24, 2.45) is 5.92 Å². The quantitative estimate of drug-likeness (QED) is 0.723. The molecule has 15 heavy (non-hydrogen) atoms. The molecule has 0 heterocycles. The summed E-state index contributed by atoms with van der Waals surface area (Å²) in [6.45, 7) is 2.88. The van der Waals surface area contributed by atoms with Crippen molar-refractivity contribution in [3.05, 3.63) is 0 Å². The topological polar surface area (TPSA) is 41.6 Å². The molecule has 0 aliphatic heterocycles. The Morgan fingerprint density at radius 1 is 1.53 bits per heavy atom. The number of rotatable bonds is 5. The Labute approximate surface area is 92.0 Å². The first-order valence-corrected chi connectivity index (χ1v) is 5.55. The van der Waals surface area contributed by atoms with Gasteiger partial charge in [-0.1, -0.05) is 0 Å². The average Bonchev–Trinajstić information content (AvgIpc) is 2.13. The zero-order valence-corrected chi connectivity index (χ0v) is 10.1. The maximum atomic E-state index is 11.5. The minimum absolute atomic E-state index is 0.0482. The third-order valence-corrected chi connectivity index (χ3v) is 2.87. The van der Waals surface area contributed by atoms with Gasteiger partial charge in [-0.05, 0) is 39.3 Å². The van der Waals surface area contributed by atoms with Crippen molar-refractivity contribution in [3.63, 3.8) is 0 Å². The van der Waals surface area contributed by atoms with Crippen LogP contribution in [0.15, 0.2) is 0 Å². The van der Waals surface area contributed by atoms with Crippen LogP contribution in [-0.4, -0.2) is 50.7 Å². The van der Waals surface area contributed by atoms with Crippen LogP contribution in [0.3, 0.4) is 0 Å². The molecule has 4 heteroatoms. The fourth-order valence-corrected chi connectivity index (χ4v) is 1.95. The van der Waals surface area contributed by atoms with Gasteiger partial charge < -0.3 is 15.0 Å². The van der Waals surface area contributed by atoms with Crippen molar-refractivity contribution in [1.29, 1.82) is 0 Å². The van der Waals surface area contributed by atoms with Gasteiger partial charge in [-0.15, -0.1) is 0 Å². The lowest BCUT2D eigenvalue weighted by Gasteiger charge is -2.36. The van der Waals surface area contributed by atoms with Crippen molar-refractivity contribution < 1.29 is 9.53 Å². The van der Waals surface area contributed by atoms with Crippen LogP contribution in [0.4, 0.5) is 0 Å². The van der Waals surface area contributed by atoms with Gasteiger partial charge in [-0.25, -0.2) is 0 Å². The smallest absolute Gasteiger partial charge is 0.250 e. The van der Waals surface area contributed by atoms with Gasteiger partial charge in [-0.3, -0.25) is 4.79 Å². The molecule has 1 saturated carbocycles. The van der Waals surface area contributed by atoms with Crippen molar-refractivity contribution in [2.75, 3.05) is 27.7 Å². The molecule has 1 rings (SSSR count). The number of amides is 1. The maximum absolute atomic E-state index is 11.5. The second-order valence-corrected chi connectivity index (χ2v) is 4.53. The average molecular weight is 214 g/mol. The SMILES string of the molecule is CNCC1CC(OC(C)C(=O)N(C)C)C1. The molecule has 4 nitrogen and oxygen atoms in total. The summed E-state index contributed by atoms with van der Waals surface area (Å²) in [6, 6.07) is 0. The first-order chi connectivity index (χ1) is 7.04. The van der Waals surface area contributed by atoms with Crippen molar-refractivity contribution in [3.8, 4) is 0 Å². The Hall–Kier alpha value is -0.610. The van der Waals surface area contributed by atoms with E-state index >= 15 is 0 Å². The zero-order valence-electron chi connectivity index (χ0n) is 10.1. The first kappa shape index (κ1) is 12.5. The highest BCUT2D eigenvalue weighted by atomic mass is 16.5. The van der Waals surface area contributed by atoms with Crippen molar-refractivity contribution >= 4 is 5.91 Å². The van der Waals surface area contributed by atoms with Gasteiger partial charge in [-0.2, -0.15) is 0 Å². The molecule has 1 aliphatic rings. The predicted octanol–water partition coefficient (Wildman–Crippen LogP) is 0.478. The molecule has 1 atom stereocenters. The van der Waals surface area contributed by atoms with E-state index in [0.717, 1.165) is 25.3 Å². The molecule has 0 aromatic heterocycles. The first-order valence-electron chi connectivity index (χ1n) is 5.55. The molecule has 0 spiro atoms. The summed E-state index contributed by atoms with van der Waals surface area (Å²) >= 11 is 0. The number of hydrogen-bond donors (Lipinski definition) is 1. The molecule has 1 fully saturated rings. The zero-order chi connectivity index (χ0) is 11.4. The van der Waals surface area contributed by atoms with E-state index in [2.05, 4.69) is 5.32 Å². The van der Waals surface area contributed by atoms with Gasteiger partial charge in [0, 0.05) is 14.1 Å². The largest absolute Gasteiger partial charge is 0.365 e. The molecule has 0 aromatic rings. The fourth-order valence-electron chi connectivity index (χ4n) is 1.95. The molecule has 1 aliphatic carbocycles. The summed E-state index contributed by atoms with van der Waals surface area (Å²) in [7, 11) is 5.48. The van der Waals surface area contributed by atoms with Crippen molar-refractivity contribution in [1.82, 2.24) is 10.2 Å². The van der Waals surface area contributed by atoms with Crippen LogP contribution >= 0.6 is 0 Å². The summed E-state index contributed by atoms with van der Waals surface area (Å²) in [6.07, 6.45) is 2.13. The van der Waals surface area contributed by atoms with Crippen LogP contribution < -0.4 is 5.32 Å². The minimum Gasteiger partial charge on any atom is -0.365 e. The third kappa shape index (κ3) is 3.47. The van der Waals surface area contributed by atoms with Gasteiger partial charge in [0.15, 0.2) is 0 Å². The molecule has 0 radical (unpaired) electrons. The molecular weight excluding hydrogens is 192 g/mol. The van der Waals surface area contributed by atoms with Crippen LogP contribution in [-0.2, 0) is 9.53 Å². The number of likely N-dealkylation sites (N-methyl/N-ethyl adjacent to an activating group) is 1. The van der Waals surface area contributed by atoms with Gasteiger partial charge >= 0.3 is 0 Å². The number of carbonyl (C=O) groups excluding carboxylic acids is 1. The Bertz CT molecular complexity index is 213. The summed E-state index contributed by atoms with van der Waals surface area (Å²) in [5.41, 5.74) is 0. The highest BCUT2D eigenvalue weighted by molar-refractivity contribution is 5.79. The highest BCUT2D eigenvalue weighted by Gasteiger charge is 2.32. The summed E-state index contributed by atoms with van der Waals surface area (Å²) in [4.78, 5) is 13.1. The van der Waals surface area contributed by atoms with E-state index in [4.69, 9.17) is 4.74 Å². The maximum Gasteiger partial charge on any atom is 0.250 e. The molecule has 88 valence electrons. The lowest BCUT2D eigenvalue weighted by molar-refractivity contribution is -0.149. The second kappa shape index (κ2) is 5.47. The number of carbonyl (C=O) groups is 1. The Balaban J connectivity index is 2.18. The standard InChI is InChI=1S/C11H22N2O2/c1-8(11(14)13(3)4)15-10-5-9(6-10)7-12-2/h8-10,12H,5-7H2,1-4H3. The molecule has 1 unspecified atom stereocenters. The molecule has 1 N–H and O–H groups in total. The van der Waals surface area contributed by atoms with Gasteiger partial charge in [0.05, 0.1) is 6.10 Å². The Morgan fingerprint density at radius 2 is 2.13 bits per heavy atom. The van der Waals surface area contributed by atoms with Crippen LogP contribution in [0.25, 0.3) is 0 Å². The van der Waals surface area contributed by atoms with E-state index in [1.165, 1.54) is 0 Å². The lowest BCUT2D eigenvalue weighted by atomic mass is 9.82. The number of hydrogen-bond acceptors (Lipinski definition) is 3. The van der Waals surface area contributed by atoms with Crippen LogP contribution in [0.1, 0.15) is 19.8 Å². The van der Waals surface area contributed by atoms with E-state index in [0.29, 0.717) is 0 Å². The molecule has 0 aromatic carbocycles. The normalized spacial score (nSPS) is 26.9. The number of nitrogens with zero attached hydrogens (tertiary/aromatic N) is 1. The monoisotopic (exact) mass is 214 g/mol. The van der Waals surface area contributed by atoms with E-state index < -0.39 is 0 Å². The Kier molecular flexibility index (Phi) is 4.54. The molecular formula is C11H22N2O2. The van der Waals surface area contributed by atoms with Gasteiger partial charge in [0.2, 0.25) is 0 Å². The van der Waals surface area contributed by atoms with Gasteiger partial charge in [0.1, 0.15) is 6.10 Å². The summed E-state index contributed by atoms with van der Waals surface area (Å²) in [5.74, 6) is 0.772. The van der Waals surface area contributed by atoms with Crippen molar-refractivity contribution in [2.45, 2.75) is 32.0 Å². The van der Waals surface area contributed by atoms with E-state index in [9.17, 15) is 4.79 Å². The summed E-state index contributed by atoms with van der Waals surface area (Å²) < 4.78 is 5.67. The molecule has 1 amide bonds. The Morgan fingerprint density at radius 3 is 2.60 bits per heavy atom. The summed E-state index contributed by atoms with van der Waals surface area (Å²) in [5, 5.41) is 3.15. The van der Waals surface area contributed by atoms with Gasteiger partial charge in [0.25, 0.3) is 5.91 Å². The minimum atomic E-state index is -0.305. The van der Waals surface area contributed by atoms with Crippen LogP contribution in [0.5, 0.6) is 0 Å². The predicted molar refractivity (Wildman–Crippen MR) is 59.7 cm³/mol. The third-order valence-electron chi connectivity index (χ3n) is 2.87. The number of nitrogens with one attached hydrogen (secondary N) is 1. The molecule has 0 saturated heterocycles. The van der Waals surface area contributed by atoms with E-state index in [1.807, 2.05) is 14.0 Å². The lowest BCUT2D eigenvalue weighted by Crippen LogP contribution is -2.42. The van der Waals surface area contributed by atoms with Crippen LogP contribution in [0.2, 0.25) is 0 Å².